The molecule has 1 atom stereocenters. The van der Waals surface area contributed by atoms with Crippen molar-refractivity contribution in [3.05, 3.63) is 16.8 Å². The number of rotatable bonds is 9. The molecule has 0 aliphatic rings. The molecule has 0 fully saturated rings. The van der Waals surface area contributed by atoms with Crippen LogP contribution in [0.25, 0.3) is 10.2 Å². The Morgan fingerprint density at radius 1 is 1.42 bits per heavy atom. The molecule has 144 valence electrons. The van der Waals surface area contributed by atoms with E-state index in [4.69, 9.17) is 4.74 Å². The number of hydrogen-bond donors (Lipinski definition) is 2. The molecule has 2 N–H and O–H groups in total. The van der Waals surface area contributed by atoms with Crippen LogP contribution in [-0.4, -0.2) is 64.8 Å². The summed E-state index contributed by atoms with van der Waals surface area (Å²) in [5.41, 5.74) is 0.869. The highest BCUT2D eigenvalue weighted by Crippen LogP contribution is 2.34. The zero-order valence-electron chi connectivity index (χ0n) is 16.1. The van der Waals surface area contributed by atoms with E-state index in [0.29, 0.717) is 18.0 Å². The minimum Gasteiger partial charge on any atom is -0.395 e. The lowest BCUT2D eigenvalue weighted by Crippen LogP contribution is -2.38. The lowest BCUT2D eigenvalue weighted by Gasteiger charge is -2.25. The summed E-state index contributed by atoms with van der Waals surface area (Å²) in [5, 5.41) is 13.6. The number of hydrogen-bond acceptors (Lipinski definition) is 7. The van der Waals surface area contributed by atoms with Crippen molar-refractivity contribution in [2.24, 2.45) is 0 Å². The Kier molecular flexibility index (Phi) is 7.31. The van der Waals surface area contributed by atoms with Crippen LogP contribution in [0.15, 0.2) is 6.33 Å². The molecule has 0 radical (unpaired) electrons. The van der Waals surface area contributed by atoms with Crippen molar-refractivity contribution in [1.82, 2.24) is 14.9 Å². The average molecular weight is 381 g/mol. The van der Waals surface area contributed by atoms with Crippen LogP contribution in [0.3, 0.4) is 0 Å². The fraction of sp³-hybridized carbons (Fsp3) is 0.611. The molecule has 1 amide bonds. The van der Waals surface area contributed by atoms with Gasteiger partial charge in [-0.05, 0) is 32.8 Å². The second-order valence-electron chi connectivity index (χ2n) is 6.48. The zero-order valence-corrected chi connectivity index (χ0v) is 16.9. The van der Waals surface area contributed by atoms with Crippen molar-refractivity contribution >= 4 is 33.3 Å². The maximum absolute atomic E-state index is 13.0. The van der Waals surface area contributed by atoms with Gasteiger partial charge in [-0.3, -0.25) is 4.79 Å². The predicted octanol–water partition coefficient (Wildman–Crippen LogP) is 2.68. The first kappa shape index (κ1) is 20.5. The number of nitrogens with one attached hydrogen (secondary N) is 1. The largest absolute Gasteiger partial charge is 0.395 e. The van der Waals surface area contributed by atoms with Gasteiger partial charge in [-0.15, -0.1) is 11.3 Å². The Morgan fingerprint density at radius 3 is 2.73 bits per heavy atom. The zero-order chi connectivity index (χ0) is 19.3. The number of thiophene rings is 1. The van der Waals surface area contributed by atoms with Gasteiger partial charge in [0, 0.05) is 19.7 Å². The maximum Gasteiger partial charge on any atom is 0.264 e. The van der Waals surface area contributed by atoms with Crippen LogP contribution in [0.2, 0.25) is 0 Å². The number of nitrogens with zero attached hydrogens (tertiary/aromatic N) is 3. The molecule has 0 aliphatic carbocycles. The van der Waals surface area contributed by atoms with Crippen molar-refractivity contribution in [3.8, 4) is 0 Å². The average Bonchev–Trinajstić information content (AvgIpc) is 2.96. The van der Waals surface area contributed by atoms with Crippen LogP contribution in [-0.2, 0) is 4.74 Å². The molecule has 1 unspecified atom stereocenters. The van der Waals surface area contributed by atoms with Gasteiger partial charge in [0.05, 0.1) is 29.5 Å². The van der Waals surface area contributed by atoms with E-state index in [1.54, 1.807) is 12.0 Å². The Bertz CT molecular complexity index is 747. The van der Waals surface area contributed by atoms with Gasteiger partial charge in [-0.1, -0.05) is 6.92 Å². The molecule has 26 heavy (non-hydrogen) atoms. The number of carbonyl (C=O) groups is 1. The number of anilines is 1. The van der Waals surface area contributed by atoms with Crippen molar-refractivity contribution < 1.29 is 14.6 Å². The number of aliphatic hydroxyl groups is 1. The van der Waals surface area contributed by atoms with Crippen LogP contribution in [0.4, 0.5) is 5.82 Å². The lowest BCUT2D eigenvalue weighted by molar-refractivity contribution is 0.0670. The highest BCUT2D eigenvalue weighted by atomic mass is 32.1. The summed E-state index contributed by atoms with van der Waals surface area (Å²) in [5.74, 6) is 0.648. The third-order valence-corrected chi connectivity index (χ3v) is 5.54. The lowest BCUT2D eigenvalue weighted by atomic mass is 10.1. The van der Waals surface area contributed by atoms with Gasteiger partial charge in [0.25, 0.3) is 5.91 Å². The van der Waals surface area contributed by atoms with Gasteiger partial charge in [0.15, 0.2) is 0 Å². The molecule has 2 rings (SSSR count). The molecule has 0 bridgehead atoms. The molecule has 2 heterocycles. The van der Waals surface area contributed by atoms with Crippen LogP contribution in [0.5, 0.6) is 0 Å². The minimum absolute atomic E-state index is 0.00844. The molecule has 0 spiro atoms. The van der Waals surface area contributed by atoms with Crippen molar-refractivity contribution in [3.63, 3.8) is 0 Å². The van der Waals surface area contributed by atoms with Gasteiger partial charge < -0.3 is 20.1 Å². The first-order valence-electron chi connectivity index (χ1n) is 8.85. The van der Waals surface area contributed by atoms with Crippen LogP contribution >= 0.6 is 11.3 Å². The Labute approximate surface area is 158 Å². The van der Waals surface area contributed by atoms with Crippen LogP contribution in [0.1, 0.15) is 42.4 Å². The summed E-state index contributed by atoms with van der Waals surface area (Å²) in [6, 6.07) is 0.146. The Morgan fingerprint density at radius 2 is 2.15 bits per heavy atom. The summed E-state index contributed by atoms with van der Waals surface area (Å²) in [6.07, 6.45) is 2.41. The van der Waals surface area contributed by atoms with Crippen LogP contribution < -0.4 is 5.32 Å². The molecular weight excluding hydrogens is 352 g/mol. The summed E-state index contributed by atoms with van der Waals surface area (Å²) in [4.78, 5) is 24.8. The number of carbonyl (C=O) groups excluding carboxylic acids is 1. The summed E-state index contributed by atoms with van der Waals surface area (Å²) < 4.78 is 5.25. The number of aromatic nitrogens is 2. The summed E-state index contributed by atoms with van der Waals surface area (Å²) >= 11 is 1.37. The second-order valence-corrected chi connectivity index (χ2v) is 7.48. The molecule has 0 aromatic carbocycles. The van der Waals surface area contributed by atoms with Gasteiger partial charge >= 0.3 is 0 Å². The number of amides is 1. The third-order valence-electron chi connectivity index (χ3n) is 4.35. The normalized spacial score (nSPS) is 12.6. The van der Waals surface area contributed by atoms with E-state index >= 15 is 0 Å². The van der Waals surface area contributed by atoms with E-state index in [1.165, 1.54) is 17.7 Å². The second kappa shape index (κ2) is 9.25. The topological polar surface area (TPSA) is 87.6 Å². The molecule has 7 nitrogen and oxygen atoms in total. The quantitative estimate of drug-likeness (QED) is 0.695. The van der Waals surface area contributed by atoms with E-state index in [-0.39, 0.29) is 24.6 Å². The van der Waals surface area contributed by atoms with Crippen molar-refractivity contribution in [2.75, 3.05) is 32.2 Å². The Balaban J connectivity index is 2.44. The first-order chi connectivity index (χ1) is 12.4. The van der Waals surface area contributed by atoms with E-state index in [9.17, 15) is 9.90 Å². The molecule has 0 saturated heterocycles. The van der Waals surface area contributed by atoms with E-state index in [1.807, 2.05) is 20.8 Å². The van der Waals surface area contributed by atoms with Gasteiger partial charge in [-0.2, -0.15) is 0 Å². The van der Waals surface area contributed by atoms with Gasteiger partial charge in [0.1, 0.15) is 17.0 Å². The van der Waals surface area contributed by atoms with Gasteiger partial charge in [0.2, 0.25) is 0 Å². The van der Waals surface area contributed by atoms with Crippen LogP contribution in [0, 0.1) is 6.92 Å². The monoisotopic (exact) mass is 380 g/mol. The standard InChI is InChI=1S/C18H28N4O3S/c1-6-13(9-25-5)21-16-14-12(4)15(26-17(14)20-10-19-16)18(24)22(7-8-23)11(2)3/h10-11,13,23H,6-9H2,1-5H3,(H,19,20,21). The molecule has 8 heteroatoms. The third kappa shape index (κ3) is 4.31. The van der Waals surface area contributed by atoms with Gasteiger partial charge in [-0.25, -0.2) is 9.97 Å². The van der Waals surface area contributed by atoms with Crippen molar-refractivity contribution in [1.29, 1.82) is 0 Å². The maximum atomic E-state index is 13.0. The number of methoxy groups -OCH3 is 1. The highest BCUT2D eigenvalue weighted by Gasteiger charge is 2.25. The number of fused-ring (bicyclic) bond motifs is 1. The van der Waals surface area contributed by atoms with Crippen molar-refractivity contribution in [2.45, 2.75) is 46.2 Å². The predicted molar refractivity (Wildman–Crippen MR) is 105 cm³/mol. The molecule has 2 aromatic heterocycles. The first-order valence-corrected chi connectivity index (χ1v) is 9.67. The minimum atomic E-state index is -0.0792. The smallest absolute Gasteiger partial charge is 0.264 e. The molecule has 0 aliphatic heterocycles. The van der Waals surface area contributed by atoms with E-state index < -0.39 is 0 Å². The Hall–Kier alpha value is -1.77. The molecule has 0 saturated carbocycles. The number of ether oxygens (including phenoxy) is 1. The number of aliphatic hydroxyl groups excluding tert-OH is 1. The number of aryl methyl sites for hydroxylation is 1. The fourth-order valence-electron chi connectivity index (χ4n) is 2.87. The fourth-order valence-corrected chi connectivity index (χ4v) is 3.98. The van der Waals surface area contributed by atoms with E-state index in [2.05, 4.69) is 22.2 Å². The summed E-state index contributed by atoms with van der Waals surface area (Å²) in [7, 11) is 1.67. The molecule has 2 aromatic rings. The van der Waals surface area contributed by atoms with E-state index in [0.717, 1.165) is 28.0 Å². The summed E-state index contributed by atoms with van der Waals surface area (Å²) in [6.45, 7) is 8.73. The SMILES string of the molecule is CCC(COC)Nc1ncnc2sc(C(=O)N(CCO)C(C)C)c(C)c12. The highest BCUT2D eigenvalue weighted by molar-refractivity contribution is 7.20. The molecular formula is C18H28N4O3S.